The standard InChI is InChI=1S/C20H42N2O2/c1-19(9-8-11-20(2,3)23-4)10-13-21-12-6-5-7-14-22-15-17-24-18-16-22/h19,21H,5-18H2,1-4H3/t19-/m1/s1. The van der Waals surface area contributed by atoms with E-state index in [9.17, 15) is 0 Å². The van der Waals surface area contributed by atoms with Gasteiger partial charge in [-0.15, -0.1) is 0 Å². The van der Waals surface area contributed by atoms with Crippen molar-refractivity contribution in [3.63, 3.8) is 0 Å². The second kappa shape index (κ2) is 13.1. The summed E-state index contributed by atoms with van der Waals surface area (Å²) in [5.41, 5.74) is 0.0409. The van der Waals surface area contributed by atoms with Gasteiger partial charge < -0.3 is 14.8 Å². The minimum atomic E-state index is 0.0409. The molecule has 1 atom stereocenters. The second-order valence-corrected chi connectivity index (χ2v) is 8.01. The lowest BCUT2D eigenvalue weighted by Gasteiger charge is -2.26. The Bertz CT molecular complexity index is 291. The van der Waals surface area contributed by atoms with Crippen LogP contribution in [0.4, 0.5) is 0 Å². The molecule has 0 amide bonds. The van der Waals surface area contributed by atoms with E-state index in [0.717, 1.165) is 45.2 Å². The Morgan fingerprint density at radius 1 is 1.04 bits per heavy atom. The quantitative estimate of drug-likeness (QED) is 0.488. The van der Waals surface area contributed by atoms with Crippen molar-refractivity contribution in [3.05, 3.63) is 0 Å². The Hall–Kier alpha value is -0.160. The predicted molar refractivity (Wildman–Crippen MR) is 103 cm³/mol. The molecule has 144 valence electrons. The maximum Gasteiger partial charge on any atom is 0.0622 e. The summed E-state index contributed by atoms with van der Waals surface area (Å²) < 4.78 is 10.9. The van der Waals surface area contributed by atoms with Crippen molar-refractivity contribution in [3.8, 4) is 0 Å². The van der Waals surface area contributed by atoms with E-state index < -0.39 is 0 Å². The van der Waals surface area contributed by atoms with Crippen LogP contribution in [0.1, 0.15) is 65.7 Å². The van der Waals surface area contributed by atoms with Gasteiger partial charge in [-0.2, -0.15) is 0 Å². The zero-order valence-corrected chi connectivity index (χ0v) is 16.7. The summed E-state index contributed by atoms with van der Waals surface area (Å²) in [6, 6.07) is 0. The van der Waals surface area contributed by atoms with Crippen LogP contribution in [0.15, 0.2) is 0 Å². The van der Waals surface area contributed by atoms with Crippen molar-refractivity contribution < 1.29 is 9.47 Å². The number of ether oxygens (including phenoxy) is 2. The topological polar surface area (TPSA) is 33.7 Å². The van der Waals surface area contributed by atoms with Crippen LogP contribution >= 0.6 is 0 Å². The first-order chi connectivity index (χ1) is 11.5. The van der Waals surface area contributed by atoms with Gasteiger partial charge in [0.1, 0.15) is 0 Å². The van der Waals surface area contributed by atoms with Crippen LogP contribution in [-0.4, -0.2) is 63.5 Å². The van der Waals surface area contributed by atoms with E-state index in [0.29, 0.717) is 0 Å². The summed E-state index contributed by atoms with van der Waals surface area (Å²) in [4.78, 5) is 2.53. The molecule has 0 radical (unpaired) electrons. The fourth-order valence-electron chi connectivity index (χ4n) is 3.18. The van der Waals surface area contributed by atoms with Crippen molar-refractivity contribution in [2.75, 3.05) is 53.0 Å². The smallest absolute Gasteiger partial charge is 0.0622 e. The van der Waals surface area contributed by atoms with Gasteiger partial charge in [0.2, 0.25) is 0 Å². The van der Waals surface area contributed by atoms with Gasteiger partial charge in [0.05, 0.1) is 18.8 Å². The van der Waals surface area contributed by atoms with E-state index in [1.54, 1.807) is 0 Å². The molecular weight excluding hydrogens is 300 g/mol. The zero-order chi connectivity index (χ0) is 17.7. The van der Waals surface area contributed by atoms with Gasteiger partial charge in [0, 0.05) is 20.2 Å². The molecule has 4 heteroatoms. The largest absolute Gasteiger partial charge is 0.379 e. The van der Waals surface area contributed by atoms with Gasteiger partial charge in [-0.1, -0.05) is 26.2 Å². The summed E-state index contributed by atoms with van der Waals surface area (Å²) >= 11 is 0. The molecule has 0 spiro atoms. The molecule has 1 saturated heterocycles. The molecule has 0 aromatic carbocycles. The Kier molecular flexibility index (Phi) is 11.9. The molecule has 1 heterocycles. The lowest BCUT2D eigenvalue weighted by molar-refractivity contribution is 0.0127. The molecule has 1 aliphatic rings. The monoisotopic (exact) mass is 342 g/mol. The summed E-state index contributed by atoms with van der Waals surface area (Å²) in [6.07, 6.45) is 9.00. The van der Waals surface area contributed by atoms with E-state index in [-0.39, 0.29) is 5.60 Å². The van der Waals surface area contributed by atoms with Crippen LogP contribution in [0.5, 0.6) is 0 Å². The third kappa shape index (κ3) is 11.4. The second-order valence-electron chi connectivity index (χ2n) is 8.01. The number of nitrogens with zero attached hydrogens (tertiary/aromatic N) is 1. The van der Waals surface area contributed by atoms with Gasteiger partial charge in [-0.05, 0) is 65.1 Å². The number of hydrogen-bond acceptors (Lipinski definition) is 4. The molecule has 0 saturated carbocycles. The summed E-state index contributed by atoms with van der Waals surface area (Å²) in [7, 11) is 1.81. The minimum Gasteiger partial charge on any atom is -0.379 e. The van der Waals surface area contributed by atoms with Crippen LogP contribution < -0.4 is 5.32 Å². The molecule has 0 unspecified atom stereocenters. The SMILES string of the molecule is COC(C)(C)CCC[C@@H](C)CCNCCCCCN1CCOCC1. The summed E-state index contributed by atoms with van der Waals surface area (Å²) in [6.45, 7) is 14.4. The highest BCUT2D eigenvalue weighted by Gasteiger charge is 2.16. The molecule has 0 aromatic rings. The molecule has 1 aliphatic heterocycles. The van der Waals surface area contributed by atoms with Gasteiger partial charge in [-0.3, -0.25) is 4.90 Å². The molecular formula is C20H42N2O2. The highest BCUT2D eigenvalue weighted by atomic mass is 16.5. The van der Waals surface area contributed by atoms with Gasteiger partial charge in [0.25, 0.3) is 0 Å². The van der Waals surface area contributed by atoms with E-state index in [1.807, 2.05) is 7.11 Å². The molecule has 0 bridgehead atoms. The number of hydrogen-bond donors (Lipinski definition) is 1. The number of nitrogens with one attached hydrogen (secondary N) is 1. The molecule has 4 nitrogen and oxygen atoms in total. The maximum atomic E-state index is 5.48. The van der Waals surface area contributed by atoms with E-state index in [4.69, 9.17) is 9.47 Å². The highest BCUT2D eigenvalue weighted by molar-refractivity contribution is 4.68. The zero-order valence-electron chi connectivity index (χ0n) is 16.7. The first-order valence-electron chi connectivity index (χ1n) is 10.1. The molecule has 1 rings (SSSR count). The Morgan fingerprint density at radius 2 is 1.79 bits per heavy atom. The van der Waals surface area contributed by atoms with Crippen LogP contribution in [0, 0.1) is 5.92 Å². The van der Waals surface area contributed by atoms with Gasteiger partial charge in [-0.25, -0.2) is 0 Å². The van der Waals surface area contributed by atoms with E-state index >= 15 is 0 Å². The van der Waals surface area contributed by atoms with Crippen molar-refractivity contribution >= 4 is 0 Å². The van der Waals surface area contributed by atoms with Gasteiger partial charge >= 0.3 is 0 Å². The normalized spacial score (nSPS) is 18.0. The molecule has 24 heavy (non-hydrogen) atoms. The van der Waals surface area contributed by atoms with Crippen molar-refractivity contribution in [2.24, 2.45) is 5.92 Å². The lowest BCUT2D eigenvalue weighted by Crippen LogP contribution is -2.36. The van der Waals surface area contributed by atoms with Crippen LogP contribution in [-0.2, 0) is 9.47 Å². The molecule has 0 aliphatic carbocycles. The van der Waals surface area contributed by atoms with Crippen molar-refractivity contribution in [1.82, 2.24) is 10.2 Å². The lowest BCUT2D eigenvalue weighted by atomic mass is 9.95. The van der Waals surface area contributed by atoms with Crippen molar-refractivity contribution in [2.45, 2.75) is 71.3 Å². The minimum absolute atomic E-state index is 0.0409. The van der Waals surface area contributed by atoms with Crippen LogP contribution in [0.2, 0.25) is 0 Å². The average Bonchev–Trinajstić information content (AvgIpc) is 2.58. The number of unbranched alkanes of at least 4 members (excludes halogenated alkanes) is 2. The fraction of sp³-hybridized carbons (Fsp3) is 1.00. The third-order valence-electron chi connectivity index (χ3n) is 5.27. The molecule has 1 fully saturated rings. The van der Waals surface area contributed by atoms with E-state index in [2.05, 4.69) is 31.0 Å². The summed E-state index contributed by atoms with van der Waals surface area (Å²) in [5, 5.41) is 3.61. The molecule has 0 aromatic heterocycles. The van der Waals surface area contributed by atoms with Gasteiger partial charge in [0.15, 0.2) is 0 Å². The number of methoxy groups -OCH3 is 1. The number of morpholine rings is 1. The Labute approximate surface area is 150 Å². The van der Waals surface area contributed by atoms with Crippen LogP contribution in [0.25, 0.3) is 0 Å². The average molecular weight is 343 g/mol. The van der Waals surface area contributed by atoms with E-state index in [1.165, 1.54) is 51.6 Å². The molecule has 1 N–H and O–H groups in total. The summed E-state index contributed by atoms with van der Waals surface area (Å²) in [5.74, 6) is 0.812. The fourth-order valence-corrected chi connectivity index (χ4v) is 3.18. The first-order valence-corrected chi connectivity index (χ1v) is 10.1. The maximum absolute atomic E-state index is 5.48. The predicted octanol–water partition coefficient (Wildman–Crippen LogP) is 3.70. The first kappa shape index (κ1) is 21.9. The highest BCUT2D eigenvalue weighted by Crippen LogP contribution is 2.20. The Balaban J connectivity index is 1.83. The third-order valence-corrected chi connectivity index (χ3v) is 5.27. The number of rotatable bonds is 14. The van der Waals surface area contributed by atoms with Crippen LogP contribution in [0.3, 0.4) is 0 Å². The Morgan fingerprint density at radius 3 is 2.50 bits per heavy atom. The van der Waals surface area contributed by atoms with Crippen molar-refractivity contribution in [1.29, 1.82) is 0 Å².